The van der Waals surface area contributed by atoms with E-state index in [1.54, 1.807) is 0 Å². The monoisotopic (exact) mass is 196 g/mol. The minimum Gasteiger partial charge on any atom is -0.361 e. The lowest BCUT2D eigenvalue weighted by Crippen LogP contribution is -2.06. The van der Waals surface area contributed by atoms with Crippen molar-refractivity contribution in [1.29, 1.82) is 0 Å². The summed E-state index contributed by atoms with van der Waals surface area (Å²) in [6.07, 6.45) is 0. The lowest BCUT2D eigenvalue weighted by molar-refractivity contribution is 1.07. The van der Waals surface area contributed by atoms with Crippen LogP contribution < -0.4 is 5.01 Å². The zero-order valence-corrected chi connectivity index (χ0v) is 8.12. The number of hydrogen-bond donors (Lipinski definition) is 0. The van der Waals surface area contributed by atoms with Crippen LogP contribution in [0, 0.1) is 0 Å². The molecule has 0 bridgehead atoms. The third-order valence-corrected chi connectivity index (χ3v) is 2.09. The molecule has 0 saturated carbocycles. The maximum atomic E-state index is 8.98. The van der Waals surface area contributed by atoms with Crippen LogP contribution in [0.5, 0.6) is 0 Å². The van der Waals surface area contributed by atoms with Crippen LogP contribution in [0.3, 0.4) is 0 Å². The lowest BCUT2D eigenvalue weighted by Gasteiger charge is -2.26. The van der Waals surface area contributed by atoms with Crippen molar-refractivity contribution >= 4 is 11.4 Å². The second-order valence-corrected chi connectivity index (χ2v) is 3.07. The molecule has 0 aliphatic rings. The van der Waals surface area contributed by atoms with E-state index in [9.17, 15) is 0 Å². The van der Waals surface area contributed by atoms with Gasteiger partial charge in [0.1, 0.15) is 0 Å². The summed E-state index contributed by atoms with van der Waals surface area (Å²) in [7, 11) is 0. The van der Waals surface area contributed by atoms with Gasteiger partial charge in [-0.15, -0.1) is 0 Å². The average molecular weight is 196 g/mol. The summed E-state index contributed by atoms with van der Waals surface area (Å²) in [4.78, 5) is 0. The molecule has 2 aromatic carbocycles. The first-order chi connectivity index (χ1) is 7.42. The first-order valence-corrected chi connectivity index (χ1v) is 4.67. The van der Waals surface area contributed by atoms with Crippen LogP contribution in [0.1, 0.15) is 0 Å². The summed E-state index contributed by atoms with van der Waals surface area (Å²) >= 11 is 0. The number of nitrogens with zero attached hydrogens (tertiary/aromatic N) is 3. The van der Waals surface area contributed by atoms with Crippen LogP contribution in [0.4, 0.5) is 11.4 Å². The summed E-state index contributed by atoms with van der Waals surface area (Å²) in [5, 5.41) is 4.73. The highest BCUT2D eigenvalue weighted by Crippen LogP contribution is 2.24. The van der Waals surface area contributed by atoms with Gasteiger partial charge < -0.3 is 10.5 Å². The molecule has 0 aliphatic carbocycles. The Labute approximate surface area is 88.5 Å². The fraction of sp³-hybridized carbons (Fsp3) is 0. The molecule has 0 aromatic heterocycles. The van der Waals surface area contributed by atoms with Crippen molar-refractivity contribution in [1.82, 2.24) is 0 Å². The molecular weight excluding hydrogens is 186 g/mol. The van der Waals surface area contributed by atoms with E-state index in [0.717, 1.165) is 11.4 Å². The average Bonchev–Trinajstić information content (AvgIpc) is 2.33. The first-order valence-electron chi connectivity index (χ1n) is 4.67. The van der Waals surface area contributed by atoms with Crippen LogP contribution in [-0.2, 0) is 0 Å². The molecule has 0 unspecified atom stereocenters. The van der Waals surface area contributed by atoms with Crippen molar-refractivity contribution in [2.24, 2.45) is 5.22 Å². The van der Waals surface area contributed by atoms with Crippen LogP contribution in [0.2, 0.25) is 0 Å². The van der Waals surface area contributed by atoms with Gasteiger partial charge in [0.2, 0.25) is 0 Å². The van der Waals surface area contributed by atoms with Crippen LogP contribution in [0.25, 0.3) is 5.53 Å². The van der Waals surface area contributed by atoms with Gasteiger partial charge in [-0.25, -0.2) is 0 Å². The topological polar surface area (TPSA) is 37.9 Å². The normalized spacial score (nSPS) is 9.60. The van der Waals surface area contributed by atoms with Gasteiger partial charge in [-0.2, -0.15) is 0 Å². The molecule has 0 atom stereocenters. The highest BCUT2D eigenvalue weighted by molar-refractivity contribution is 5.61. The van der Waals surface area contributed by atoms with Gasteiger partial charge in [0.25, 0.3) is 0 Å². The van der Waals surface area contributed by atoms with E-state index in [2.05, 4.69) is 5.22 Å². The van der Waals surface area contributed by atoms with E-state index in [1.807, 2.05) is 60.7 Å². The van der Waals surface area contributed by atoms with Gasteiger partial charge in [-0.3, -0.25) is 5.22 Å². The van der Waals surface area contributed by atoms with E-state index < -0.39 is 0 Å². The van der Waals surface area contributed by atoms with Crippen LogP contribution in [0.15, 0.2) is 65.9 Å². The highest BCUT2D eigenvalue weighted by atomic mass is 15.5. The second kappa shape index (κ2) is 4.37. The van der Waals surface area contributed by atoms with Crippen molar-refractivity contribution in [3.63, 3.8) is 0 Å². The Morgan fingerprint density at radius 3 is 1.47 bits per heavy atom. The predicted octanol–water partition coefficient (Wildman–Crippen LogP) is 3.76. The molecule has 74 valence electrons. The summed E-state index contributed by atoms with van der Waals surface area (Å²) in [6.45, 7) is 0. The van der Waals surface area contributed by atoms with E-state index in [1.165, 1.54) is 5.01 Å². The molecule has 0 spiro atoms. The zero-order valence-electron chi connectivity index (χ0n) is 8.12. The Morgan fingerprint density at radius 2 is 1.13 bits per heavy atom. The van der Waals surface area contributed by atoms with Gasteiger partial charge in [-0.05, 0) is 11.4 Å². The molecule has 2 aromatic rings. The van der Waals surface area contributed by atoms with E-state index in [-0.39, 0.29) is 0 Å². The fourth-order valence-corrected chi connectivity index (χ4v) is 1.39. The summed E-state index contributed by atoms with van der Waals surface area (Å²) < 4.78 is 0. The molecule has 0 saturated heterocycles. The quantitative estimate of drug-likeness (QED) is 0.544. The van der Waals surface area contributed by atoms with Gasteiger partial charge in [0.05, 0.1) is 0 Å². The predicted molar refractivity (Wildman–Crippen MR) is 60.8 cm³/mol. The smallest absolute Gasteiger partial charge is 0.0219 e. The molecule has 15 heavy (non-hydrogen) atoms. The summed E-state index contributed by atoms with van der Waals surface area (Å²) in [5.74, 6) is 0. The van der Waals surface area contributed by atoms with Gasteiger partial charge in [-0.1, -0.05) is 60.7 Å². The Hall–Kier alpha value is -2.16. The first kappa shape index (κ1) is 9.40. The number of benzene rings is 2. The Bertz CT molecular complexity index is 386. The molecule has 0 aliphatic heterocycles. The van der Waals surface area contributed by atoms with Crippen LogP contribution in [-0.4, -0.2) is 0 Å². The molecular formula is C12H10N3-. The standard InChI is InChI=1S/C12H10N3/c13-14-15(11-7-3-1-4-8-11)12-9-5-2-6-10-12/h1-10H/q-1. The minimum atomic E-state index is 0.825. The number of rotatable bonds is 3. The SMILES string of the molecule is [N-]=NN(c1ccccc1)c1ccccc1. The number of anilines is 2. The molecule has 2 rings (SSSR count). The molecule has 3 heteroatoms. The maximum absolute atomic E-state index is 8.98. The Kier molecular flexibility index (Phi) is 2.74. The molecule has 0 N–H and O–H groups in total. The summed E-state index contributed by atoms with van der Waals surface area (Å²) in [5.41, 5.74) is 10.6. The molecule has 3 nitrogen and oxygen atoms in total. The van der Waals surface area contributed by atoms with Crippen molar-refractivity contribution in [2.75, 3.05) is 5.01 Å². The Balaban J connectivity index is 2.38. The minimum absolute atomic E-state index is 0.825. The van der Waals surface area contributed by atoms with E-state index in [0.29, 0.717) is 0 Å². The van der Waals surface area contributed by atoms with Gasteiger partial charge >= 0.3 is 0 Å². The van der Waals surface area contributed by atoms with Crippen molar-refractivity contribution in [2.45, 2.75) is 0 Å². The van der Waals surface area contributed by atoms with Crippen molar-refractivity contribution < 1.29 is 0 Å². The van der Waals surface area contributed by atoms with Gasteiger partial charge in [0, 0.05) is 0 Å². The zero-order chi connectivity index (χ0) is 10.5. The van der Waals surface area contributed by atoms with E-state index >= 15 is 0 Å². The largest absolute Gasteiger partial charge is 0.361 e. The third kappa shape index (κ3) is 2.02. The Morgan fingerprint density at radius 1 is 0.733 bits per heavy atom. The highest BCUT2D eigenvalue weighted by Gasteiger charge is 1.97. The van der Waals surface area contributed by atoms with Crippen molar-refractivity contribution in [3.05, 3.63) is 66.2 Å². The summed E-state index contributed by atoms with van der Waals surface area (Å²) in [6, 6.07) is 19.0. The molecule has 0 fully saturated rings. The molecule has 0 amide bonds. The molecule has 0 heterocycles. The molecule has 0 radical (unpaired) electrons. The number of hydrogen-bond acceptors (Lipinski definition) is 1. The third-order valence-electron chi connectivity index (χ3n) is 2.09. The van der Waals surface area contributed by atoms with Crippen molar-refractivity contribution in [3.8, 4) is 0 Å². The second-order valence-electron chi connectivity index (χ2n) is 3.07. The van der Waals surface area contributed by atoms with Gasteiger partial charge in [0.15, 0.2) is 0 Å². The lowest BCUT2D eigenvalue weighted by atomic mass is 10.2. The fourth-order valence-electron chi connectivity index (χ4n) is 1.39. The number of para-hydroxylation sites is 2. The van der Waals surface area contributed by atoms with E-state index in [4.69, 9.17) is 5.53 Å². The van der Waals surface area contributed by atoms with Crippen LogP contribution >= 0.6 is 0 Å². The maximum Gasteiger partial charge on any atom is -0.0219 e.